The molecule has 0 atom stereocenters. The van der Waals surface area contributed by atoms with Crippen molar-refractivity contribution in [1.82, 2.24) is 9.99 Å². The predicted octanol–water partition coefficient (Wildman–Crippen LogP) is 2.24. The number of amides is 1. The molecule has 2 heterocycles. The van der Waals surface area contributed by atoms with Crippen LogP contribution in [0.1, 0.15) is 22.3 Å². The summed E-state index contributed by atoms with van der Waals surface area (Å²) < 4.78 is 0. The molecule has 7 heteroatoms. The van der Waals surface area contributed by atoms with E-state index >= 15 is 0 Å². The van der Waals surface area contributed by atoms with Gasteiger partial charge in [0.05, 0.1) is 28.3 Å². The summed E-state index contributed by atoms with van der Waals surface area (Å²) in [6, 6.07) is 9.74. The standard InChI is InChI=1S/C15H12N4O3/c20-15(11-4-3-8-16-10-11)18-9-7-13(17-18)12-5-1-2-6-14(12)19(21)22/h1-6,8,10H,7,9H2. The summed E-state index contributed by atoms with van der Waals surface area (Å²) in [4.78, 5) is 26.8. The van der Waals surface area contributed by atoms with Crippen molar-refractivity contribution in [2.45, 2.75) is 6.42 Å². The number of hydrazone groups is 1. The molecule has 110 valence electrons. The number of para-hydroxylation sites is 1. The Labute approximate surface area is 126 Å². The Morgan fingerprint density at radius 2 is 2.05 bits per heavy atom. The first-order valence-electron chi connectivity index (χ1n) is 6.70. The molecule has 0 spiro atoms. The van der Waals surface area contributed by atoms with E-state index in [9.17, 15) is 14.9 Å². The van der Waals surface area contributed by atoms with Gasteiger partial charge in [0.25, 0.3) is 11.6 Å². The number of aromatic nitrogens is 1. The fourth-order valence-corrected chi connectivity index (χ4v) is 2.31. The molecule has 1 aromatic heterocycles. The number of carbonyl (C=O) groups is 1. The molecule has 0 unspecified atom stereocenters. The first-order valence-corrected chi connectivity index (χ1v) is 6.70. The second-order valence-electron chi connectivity index (χ2n) is 4.74. The lowest BCUT2D eigenvalue weighted by atomic mass is 10.1. The average Bonchev–Trinajstić information content (AvgIpc) is 3.04. The molecule has 0 bridgehead atoms. The van der Waals surface area contributed by atoms with Crippen molar-refractivity contribution in [2.24, 2.45) is 5.10 Å². The maximum atomic E-state index is 12.3. The number of pyridine rings is 1. The highest BCUT2D eigenvalue weighted by Gasteiger charge is 2.26. The number of hydrogen-bond donors (Lipinski definition) is 0. The minimum atomic E-state index is -0.441. The summed E-state index contributed by atoms with van der Waals surface area (Å²) in [6.07, 6.45) is 3.54. The van der Waals surface area contributed by atoms with Crippen molar-refractivity contribution in [3.8, 4) is 0 Å². The first-order chi connectivity index (χ1) is 10.7. The van der Waals surface area contributed by atoms with Crippen LogP contribution in [-0.2, 0) is 0 Å². The van der Waals surface area contributed by atoms with E-state index in [0.717, 1.165) is 0 Å². The SMILES string of the molecule is O=C(c1cccnc1)N1CCC(c2ccccc2[N+](=O)[O-])=N1. The molecule has 1 aliphatic rings. The molecule has 2 aromatic rings. The Kier molecular flexibility index (Phi) is 3.61. The first kappa shape index (κ1) is 13.9. The van der Waals surface area contributed by atoms with Gasteiger partial charge in [-0.3, -0.25) is 19.9 Å². The van der Waals surface area contributed by atoms with Gasteiger partial charge < -0.3 is 0 Å². The van der Waals surface area contributed by atoms with Crippen molar-refractivity contribution in [3.05, 3.63) is 70.0 Å². The van der Waals surface area contributed by atoms with Crippen molar-refractivity contribution in [1.29, 1.82) is 0 Å². The Hall–Kier alpha value is -3.09. The van der Waals surface area contributed by atoms with Crippen molar-refractivity contribution < 1.29 is 9.72 Å². The molecule has 0 saturated carbocycles. The van der Waals surface area contributed by atoms with Crippen LogP contribution in [0.4, 0.5) is 5.69 Å². The Morgan fingerprint density at radius 1 is 1.23 bits per heavy atom. The summed E-state index contributed by atoms with van der Waals surface area (Å²) in [5.41, 5.74) is 1.44. The quantitative estimate of drug-likeness (QED) is 0.641. The van der Waals surface area contributed by atoms with Crippen molar-refractivity contribution in [3.63, 3.8) is 0 Å². The van der Waals surface area contributed by atoms with E-state index in [1.54, 1.807) is 36.5 Å². The lowest BCUT2D eigenvalue weighted by molar-refractivity contribution is -0.385. The molecule has 0 N–H and O–H groups in total. The third-order valence-corrected chi connectivity index (χ3v) is 3.36. The van der Waals surface area contributed by atoms with Gasteiger partial charge in [-0.05, 0) is 18.2 Å². The van der Waals surface area contributed by atoms with E-state index in [0.29, 0.717) is 29.8 Å². The van der Waals surface area contributed by atoms with Gasteiger partial charge in [0.1, 0.15) is 0 Å². The minimum Gasteiger partial charge on any atom is -0.267 e. The normalized spacial score (nSPS) is 13.8. The van der Waals surface area contributed by atoms with Gasteiger partial charge in [0.2, 0.25) is 0 Å². The van der Waals surface area contributed by atoms with Crippen LogP contribution >= 0.6 is 0 Å². The zero-order valence-corrected chi connectivity index (χ0v) is 11.5. The van der Waals surface area contributed by atoms with Crippen LogP contribution in [0.2, 0.25) is 0 Å². The Balaban J connectivity index is 1.90. The van der Waals surface area contributed by atoms with Crippen LogP contribution in [0.15, 0.2) is 53.9 Å². The molecule has 0 aliphatic carbocycles. The van der Waals surface area contributed by atoms with E-state index < -0.39 is 4.92 Å². The van der Waals surface area contributed by atoms with Crippen LogP contribution in [0.3, 0.4) is 0 Å². The van der Waals surface area contributed by atoms with Gasteiger partial charge in [-0.1, -0.05) is 12.1 Å². The molecule has 7 nitrogen and oxygen atoms in total. The predicted molar refractivity (Wildman–Crippen MR) is 79.5 cm³/mol. The smallest absolute Gasteiger partial charge is 0.267 e. The Morgan fingerprint density at radius 3 is 2.77 bits per heavy atom. The average molecular weight is 296 g/mol. The zero-order valence-electron chi connectivity index (χ0n) is 11.5. The Bertz CT molecular complexity index is 758. The number of carbonyl (C=O) groups excluding carboxylic acids is 1. The number of nitrogens with zero attached hydrogens (tertiary/aromatic N) is 4. The second kappa shape index (κ2) is 5.72. The highest BCUT2D eigenvalue weighted by atomic mass is 16.6. The number of rotatable bonds is 3. The fourth-order valence-electron chi connectivity index (χ4n) is 2.31. The summed E-state index contributed by atoms with van der Waals surface area (Å²) in [5, 5.41) is 16.6. The maximum absolute atomic E-state index is 12.3. The molecule has 3 rings (SSSR count). The van der Waals surface area contributed by atoms with Gasteiger partial charge in [0, 0.05) is 24.9 Å². The molecule has 0 fully saturated rings. The second-order valence-corrected chi connectivity index (χ2v) is 4.74. The summed E-state index contributed by atoms with van der Waals surface area (Å²) in [7, 11) is 0. The van der Waals surface area contributed by atoms with Gasteiger partial charge in [-0.15, -0.1) is 0 Å². The third-order valence-electron chi connectivity index (χ3n) is 3.36. The monoisotopic (exact) mass is 296 g/mol. The number of benzene rings is 1. The minimum absolute atomic E-state index is 0.00285. The fraction of sp³-hybridized carbons (Fsp3) is 0.133. The molecular weight excluding hydrogens is 284 g/mol. The van der Waals surface area contributed by atoms with E-state index in [4.69, 9.17) is 0 Å². The number of hydrogen-bond acceptors (Lipinski definition) is 5. The van der Waals surface area contributed by atoms with Gasteiger partial charge in [0.15, 0.2) is 0 Å². The molecule has 1 aliphatic heterocycles. The number of nitro groups is 1. The molecule has 1 aromatic carbocycles. The molecule has 22 heavy (non-hydrogen) atoms. The van der Waals surface area contributed by atoms with Crippen LogP contribution in [0.25, 0.3) is 0 Å². The maximum Gasteiger partial charge on any atom is 0.278 e. The summed E-state index contributed by atoms with van der Waals surface area (Å²) in [5.74, 6) is -0.262. The van der Waals surface area contributed by atoms with Crippen molar-refractivity contribution in [2.75, 3.05) is 6.54 Å². The molecular formula is C15H12N4O3. The lowest BCUT2D eigenvalue weighted by Gasteiger charge is -2.10. The van der Waals surface area contributed by atoms with Crippen LogP contribution in [0.5, 0.6) is 0 Å². The van der Waals surface area contributed by atoms with E-state index in [-0.39, 0.29) is 11.6 Å². The van der Waals surface area contributed by atoms with E-state index in [1.165, 1.54) is 17.3 Å². The third kappa shape index (κ3) is 2.56. The topological polar surface area (TPSA) is 88.7 Å². The molecule has 0 radical (unpaired) electrons. The van der Waals surface area contributed by atoms with Gasteiger partial charge in [-0.25, -0.2) is 5.01 Å². The zero-order chi connectivity index (χ0) is 15.5. The molecule has 1 amide bonds. The van der Waals surface area contributed by atoms with Crippen molar-refractivity contribution >= 4 is 17.3 Å². The summed E-state index contributed by atoms with van der Waals surface area (Å²) >= 11 is 0. The largest absolute Gasteiger partial charge is 0.278 e. The number of nitro benzene ring substituents is 1. The van der Waals surface area contributed by atoms with Gasteiger partial charge in [-0.2, -0.15) is 5.10 Å². The van der Waals surface area contributed by atoms with Crippen LogP contribution < -0.4 is 0 Å². The highest BCUT2D eigenvalue weighted by Crippen LogP contribution is 2.23. The molecule has 0 saturated heterocycles. The lowest BCUT2D eigenvalue weighted by Crippen LogP contribution is -2.23. The van der Waals surface area contributed by atoms with E-state index in [2.05, 4.69) is 10.1 Å². The van der Waals surface area contributed by atoms with Crippen LogP contribution in [-0.4, -0.2) is 33.1 Å². The van der Waals surface area contributed by atoms with Crippen LogP contribution in [0, 0.1) is 10.1 Å². The summed E-state index contributed by atoms with van der Waals surface area (Å²) in [6.45, 7) is 0.398. The highest BCUT2D eigenvalue weighted by molar-refractivity contribution is 6.06. The van der Waals surface area contributed by atoms with E-state index in [1.807, 2.05) is 0 Å². The van der Waals surface area contributed by atoms with Gasteiger partial charge >= 0.3 is 0 Å².